The Hall–Kier alpha value is -1.39. The van der Waals surface area contributed by atoms with Gasteiger partial charge in [0.05, 0.1) is 6.20 Å². The van der Waals surface area contributed by atoms with E-state index in [2.05, 4.69) is 41.4 Å². The lowest BCUT2D eigenvalue weighted by atomic mass is 10.0. The van der Waals surface area contributed by atoms with Crippen molar-refractivity contribution in [2.45, 2.75) is 59.3 Å². The van der Waals surface area contributed by atoms with Crippen molar-refractivity contribution in [1.82, 2.24) is 9.97 Å². The highest BCUT2D eigenvalue weighted by atomic mass is 19.1. The van der Waals surface area contributed by atoms with Gasteiger partial charge in [0.2, 0.25) is 5.95 Å². The van der Waals surface area contributed by atoms with Crippen LogP contribution in [0.5, 0.6) is 0 Å². The Kier molecular flexibility index (Phi) is 8.71. The van der Waals surface area contributed by atoms with Gasteiger partial charge in [-0.2, -0.15) is 4.98 Å². The molecule has 0 radical (unpaired) electrons. The van der Waals surface area contributed by atoms with Crippen molar-refractivity contribution >= 4 is 11.8 Å². The summed E-state index contributed by atoms with van der Waals surface area (Å²) >= 11 is 0. The van der Waals surface area contributed by atoms with Crippen LogP contribution >= 0.6 is 0 Å². The van der Waals surface area contributed by atoms with E-state index in [9.17, 15) is 4.39 Å². The van der Waals surface area contributed by atoms with E-state index in [0.717, 1.165) is 31.8 Å². The van der Waals surface area contributed by atoms with E-state index in [1.807, 2.05) is 0 Å². The molecule has 2 N–H and O–H groups in total. The van der Waals surface area contributed by atoms with Crippen LogP contribution in [0, 0.1) is 11.7 Å². The van der Waals surface area contributed by atoms with E-state index in [1.54, 1.807) is 0 Å². The number of aromatic nitrogens is 2. The third-order valence-corrected chi connectivity index (χ3v) is 3.28. The van der Waals surface area contributed by atoms with E-state index in [1.165, 1.54) is 31.9 Å². The Bertz CT molecular complexity index is 396. The molecule has 5 heteroatoms. The molecule has 21 heavy (non-hydrogen) atoms. The molecule has 1 heterocycles. The largest absolute Gasteiger partial charge is 0.367 e. The highest BCUT2D eigenvalue weighted by molar-refractivity contribution is 5.40. The summed E-state index contributed by atoms with van der Waals surface area (Å²) in [5.41, 5.74) is 0. The van der Waals surface area contributed by atoms with Gasteiger partial charge in [0.1, 0.15) is 0 Å². The fourth-order valence-corrected chi connectivity index (χ4v) is 2.05. The summed E-state index contributed by atoms with van der Waals surface area (Å²) in [5.74, 6) is 1.17. The topological polar surface area (TPSA) is 49.8 Å². The first kappa shape index (κ1) is 17.7. The maximum Gasteiger partial charge on any atom is 0.224 e. The summed E-state index contributed by atoms with van der Waals surface area (Å²) in [4.78, 5) is 8.08. The number of nitrogens with one attached hydrogen (secondary N) is 2. The molecule has 0 saturated heterocycles. The van der Waals surface area contributed by atoms with Gasteiger partial charge in [-0.15, -0.1) is 0 Å². The number of halogens is 1. The van der Waals surface area contributed by atoms with Crippen LogP contribution in [0.1, 0.15) is 59.3 Å². The van der Waals surface area contributed by atoms with Crippen molar-refractivity contribution < 1.29 is 4.39 Å². The molecule has 0 saturated carbocycles. The Labute approximate surface area is 128 Å². The molecule has 4 nitrogen and oxygen atoms in total. The summed E-state index contributed by atoms with van der Waals surface area (Å²) in [6.07, 6.45) is 8.24. The van der Waals surface area contributed by atoms with Crippen LogP contribution in [-0.2, 0) is 0 Å². The number of hydrogen-bond donors (Lipinski definition) is 2. The summed E-state index contributed by atoms with van der Waals surface area (Å²) in [6.45, 7) is 8.12. The lowest BCUT2D eigenvalue weighted by molar-refractivity contribution is 0.522. The zero-order valence-electron chi connectivity index (χ0n) is 13.6. The molecule has 0 fully saturated rings. The van der Waals surface area contributed by atoms with E-state index in [-0.39, 0.29) is 0 Å². The van der Waals surface area contributed by atoms with Crippen molar-refractivity contribution in [3.8, 4) is 0 Å². The first-order valence-corrected chi connectivity index (χ1v) is 8.13. The van der Waals surface area contributed by atoms with Crippen LogP contribution in [0.3, 0.4) is 0 Å². The van der Waals surface area contributed by atoms with E-state index in [0.29, 0.717) is 11.8 Å². The van der Waals surface area contributed by atoms with Crippen LogP contribution in [0.15, 0.2) is 6.20 Å². The fraction of sp³-hybridized carbons (Fsp3) is 0.750. The summed E-state index contributed by atoms with van der Waals surface area (Å²) in [6, 6.07) is 0. The number of unbranched alkanes of at least 4 members (excludes halogenated alkanes) is 3. The highest BCUT2D eigenvalue weighted by Crippen LogP contribution is 2.13. The molecule has 0 atom stereocenters. The quantitative estimate of drug-likeness (QED) is 0.592. The smallest absolute Gasteiger partial charge is 0.224 e. The second-order valence-corrected chi connectivity index (χ2v) is 5.84. The first-order chi connectivity index (χ1) is 10.1. The van der Waals surface area contributed by atoms with Crippen molar-refractivity contribution in [2.75, 3.05) is 23.7 Å². The minimum Gasteiger partial charge on any atom is -0.367 e. The van der Waals surface area contributed by atoms with Crippen molar-refractivity contribution in [3.05, 3.63) is 12.0 Å². The monoisotopic (exact) mass is 296 g/mol. The summed E-state index contributed by atoms with van der Waals surface area (Å²) in [5, 5.41) is 6.13. The molecule has 1 aromatic rings. The normalized spacial score (nSPS) is 10.9. The van der Waals surface area contributed by atoms with Gasteiger partial charge in [0.15, 0.2) is 11.6 Å². The van der Waals surface area contributed by atoms with E-state index < -0.39 is 5.82 Å². The molecule has 0 unspecified atom stereocenters. The molecule has 0 spiro atoms. The SMILES string of the molecule is CCCNc1ncc(F)c(NCCCCCCC(C)C)n1. The third kappa shape index (κ3) is 7.83. The van der Waals surface area contributed by atoms with Crippen molar-refractivity contribution in [1.29, 1.82) is 0 Å². The number of nitrogens with zero attached hydrogens (tertiary/aromatic N) is 2. The molecule has 120 valence electrons. The van der Waals surface area contributed by atoms with Gasteiger partial charge in [0.25, 0.3) is 0 Å². The zero-order chi connectivity index (χ0) is 15.5. The Balaban J connectivity index is 2.24. The third-order valence-electron chi connectivity index (χ3n) is 3.28. The van der Waals surface area contributed by atoms with Crippen molar-refractivity contribution in [2.24, 2.45) is 5.92 Å². The second-order valence-electron chi connectivity index (χ2n) is 5.84. The van der Waals surface area contributed by atoms with Gasteiger partial charge in [-0.3, -0.25) is 0 Å². The standard InChI is InChI=1S/C16H29FN4/c1-4-10-19-16-20-12-14(17)15(21-16)18-11-8-6-5-7-9-13(2)3/h12-13H,4-11H2,1-3H3,(H2,18,19,20,21). The lowest BCUT2D eigenvalue weighted by Crippen LogP contribution is -2.10. The minimum atomic E-state index is -0.392. The lowest BCUT2D eigenvalue weighted by Gasteiger charge is -2.09. The van der Waals surface area contributed by atoms with Crippen LogP contribution in [0.4, 0.5) is 16.2 Å². The molecule has 1 aromatic heterocycles. The predicted octanol–water partition coefficient (Wildman–Crippen LogP) is 4.46. The van der Waals surface area contributed by atoms with Crippen LogP contribution in [-0.4, -0.2) is 23.1 Å². The molecule has 0 aliphatic carbocycles. The Morgan fingerprint density at radius 3 is 2.57 bits per heavy atom. The molecule has 0 aromatic carbocycles. The zero-order valence-corrected chi connectivity index (χ0v) is 13.6. The minimum absolute atomic E-state index is 0.297. The van der Waals surface area contributed by atoms with E-state index in [4.69, 9.17) is 0 Å². The predicted molar refractivity (Wildman–Crippen MR) is 87.2 cm³/mol. The van der Waals surface area contributed by atoms with Crippen LogP contribution in [0.25, 0.3) is 0 Å². The average molecular weight is 296 g/mol. The summed E-state index contributed by atoms with van der Waals surface area (Å²) < 4.78 is 13.6. The van der Waals surface area contributed by atoms with E-state index >= 15 is 0 Å². The Morgan fingerprint density at radius 2 is 1.86 bits per heavy atom. The molecule has 1 rings (SSSR count). The van der Waals surface area contributed by atoms with Gasteiger partial charge in [0, 0.05) is 13.1 Å². The van der Waals surface area contributed by atoms with Gasteiger partial charge >= 0.3 is 0 Å². The second kappa shape index (κ2) is 10.4. The first-order valence-electron chi connectivity index (χ1n) is 8.13. The average Bonchev–Trinajstić information content (AvgIpc) is 2.46. The number of hydrogen-bond acceptors (Lipinski definition) is 4. The maximum absolute atomic E-state index is 13.6. The van der Waals surface area contributed by atoms with Crippen LogP contribution in [0.2, 0.25) is 0 Å². The van der Waals surface area contributed by atoms with Gasteiger partial charge in [-0.05, 0) is 18.8 Å². The highest BCUT2D eigenvalue weighted by Gasteiger charge is 2.05. The molecular formula is C16H29FN4. The van der Waals surface area contributed by atoms with Crippen molar-refractivity contribution in [3.63, 3.8) is 0 Å². The molecule has 0 amide bonds. The molecule has 0 aliphatic heterocycles. The Morgan fingerprint density at radius 1 is 1.10 bits per heavy atom. The summed E-state index contributed by atoms with van der Waals surface area (Å²) in [7, 11) is 0. The number of rotatable bonds is 11. The van der Waals surface area contributed by atoms with Crippen LogP contribution < -0.4 is 10.6 Å². The molecule has 0 aliphatic rings. The van der Waals surface area contributed by atoms with Gasteiger partial charge in [-0.25, -0.2) is 9.37 Å². The molecular weight excluding hydrogens is 267 g/mol. The number of anilines is 2. The van der Waals surface area contributed by atoms with Gasteiger partial charge in [-0.1, -0.05) is 46.5 Å². The van der Waals surface area contributed by atoms with Gasteiger partial charge < -0.3 is 10.6 Å². The maximum atomic E-state index is 13.6. The fourth-order valence-electron chi connectivity index (χ4n) is 2.05. The molecule has 0 bridgehead atoms.